The van der Waals surface area contributed by atoms with Gasteiger partial charge in [0, 0.05) is 42.3 Å². The van der Waals surface area contributed by atoms with Gasteiger partial charge in [-0.25, -0.2) is 9.78 Å². The van der Waals surface area contributed by atoms with Crippen LogP contribution in [-0.4, -0.2) is 61.9 Å². The van der Waals surface area contributed by atoms with Gasteiger partial charge in [0.15, 0.2) is 17.0 Å². The van der Waals surface area contributed by atoms with Crippen molar-refractivity contribution in [1.29, 1.82) is 0 Å². The highest BCUT2D eigenvalue weighted by Crippen LogP contribution is 2.37. The molecule has 1 amide bonds. The Kier molecular flexibility index (Phi) is 9.01. The second kappa shape index (κ2) is 12.9. The molecule has 238 valence electrons. The first kappa shape index (κ1) is 30.7. The van der Waals surface area contributed by atoms with Crippen molar-refractivity contribution in [2.75, 3.05) is 29.0 Å². The molecule has 1 saturated heterocycles. The number of carbonyl (C=O) groups is 1. The van der Waals surface area contributed by atoms with Crippen LogP contribution in [0.5, 0.6) is 0 Å². The van der Waals surface area contributed by atoms with Crippen molar-refractivity contribution < 1.29 is 22.8 Å². The highest BCUT2D eigenvalue weighted by atomic mass is 35.5. The predicted molar refractivity (Wildman–Crippen MR) is 161 cm³/mol. The number of anilines is 3. The van der Waals surface area contributed by atoms with E-state index in [-0.39, 0.29) is 23.1 Å². The molecule has 3 aromatic rings. The quantitative estimate of drug-likeness (QED) is 0.235. The summed E-state index contributed by atoms with van der Waals surface area (Å²) in [4.78, 5) is 32.2. The highest BCUT2D eigenvalue weighted by Gasteiger charge is 2.35. The van der Waals surface area contributed by atoms with Gasteiger partial charge in [-0.05, 0) is 69.6 Å². The van der Waals surface area contributed by atoms with Crippen LogP contribution in [0.1, 0.15) is 75.8 Å². The molecule has 2 saturated carbocycles. The number of nitrogens with two attached hydrogens (primary N) is 1. The number of hydrogen-bond acceptors (Lipinski definition) is 9. The molecule has 5 N–H and O–H groups in total. The summed E-state index contributed by atoms with van der Waals surface area (Å²) in [6.07, 6.45) is 5.85. The summed E-state index contributed by atoms with van der Waals surface area (Å²) < 4.78 is 42.4. The second-order valence-electron chi connectivity index (χ2n) is 12.0. The molecule has 3 aliphatic rings. The van der Waals surface area contributed by atoms with Crippen molar-refractivity contribution in [2.45, 2.75) is 94.6 Å². The lowest BCUT2D eigenvalue weighted by atomic mass is 9.92. The van der Waals surface area contributed by atoms with Crippen LogP contribution in [0.4, 0.5) is 35.4 Å². The van der Waals surface area contributed by atoms with Crippen LogP contribution >= 0.6 is 11.6 Å². The minimum absolute atomic E-state index is 0.0151. The van der Waals surface area contributed by atoms with Gasteiger partial charge in [-0.2, -0.15) is 23.1 Å². The summed E-state index contributed by atoms with van der Waals surface area (Å²) >= 11 is 5.73. The van der Waals surface area contributed by atoms with Gasteiger partial charge in [0.1, 0.15) is 0 Å². The maximum absolute atomic E-state index is 13.4. The molecule has 6 rings (SSSR count). The van der Waals surface area contributed by atoms with Gasteiger partial charge in [0.2, 0.25) is 5.95 Å². The van der Waals surface area contributed by atoms with Gasteiger partial charge in [-0.3, -0.25) is 5.32 Å². The standard InChI is InChI=1S/C29H37ClF3N9O2/c30-17-5-10-23(22(15-17)29(31,32)33)38-28(43)44-41-13-11-20(12-14-41)36-25-24-26(42(16-35-24)21-3-1-2-4-21)40-27(39-25)37-19-8-6-18(34)7-9-19/h5,10,15-16,18-21H,1-4,6-9,11-14,34H2,(H,38,43)(H2,36,37,39,40)/t18-,19-. The van der Waals surface area contributed by atoms with Gasteiger partial charge >= 0.3 is 12.3 Å². The number of hydrogen-bond donors (Lipinski definition) is 4. The first-order valence-corrected chi connectivity index (χ1v) is 15.6. The van der Waals surface area contributed by atoms with E-state index in [1.165, 1.54) is 24.0 Å². The van der Waals surface area contributed by atoms with Crippen LogP contribution in [0, 0.1) is 0 Å². The number of nitrogens with zero attached hydrogens (tertiary/aromatic N) is 5. The van der Waals surface area contributed by atoms with Gasteiger partial charge < -0.3 is 25.8 Å². The van der Waals surface area contributed by atoms with E-state index in [1.807, 2.05) is 6.33 Å². The van der Waals surface area contributed by atoms with Crippen LogP contribution < -0.4 is 21.7 Å². The fraction of sp³-hybridized carbons (Fsp3) is 0.586. The summed E-state index contributed by atoms with van der Waals surface area (Å²) in [5, 5.41) is 10.6. The number of benzene rings is 1. The normalized spacial score (nSPS) is 22.3. The van der Waals surface area contributed by atoms with Crippen molar-refractivity contribution >= 4 is 46.3 Å². The number of amides is 1. The molecule has 11 nitrogen and oxygen atoms in total. The zero-order valence-electron chi connectivity index (χ0n) is 24.2. The Hall–Kier alpha value is -3.36. The van der Waals surface area contributed by atoms with Crippen molar-refractivity contribution in [3.8, 4) is 0 Å². The first-order valence-electron chi connectivity index (χ1n) is 15.3. The fourth-order valence-electron chi connectivity index (χ4n) is 6.37. The first-order chi connectivity index (χ1) is 21.1. The Morgan fingerprint density at radius 1 is 0.977 bits per heavy atom. The third kappa shape index (κ3) is 7.13. The van der Waals surface area contributed by atoms with Gasteiger partial charge in [-0.1, -0.05) is 24.4 Å². The van der Waals surface area contributed by atoms with Crippen LogP contribution in [0.15, 0.2) is 24.5 Å². The largest absolute Gasteiger partial charge is 0.430 e. The minimum atomic E-state index is -4.68. The average molecular weight is 636 g/mol. The maximum atomic E-state index is 13.4. The van der Waals surface area contributed by atoms with Gasteiger partial charge in [0.25, 0.3) is 0 Å². The maximum Gasteiger partial charge on any atom is 0.430 e. The third-order valence-corrected chi connectivity index (χ3v) is 9.01. The number of hydroxylamine groups is 2. The van der Waals surface area contributed by atoms with E-state index in [2.05, 4.69) is 20.5 Å². The molecule has 0 spiro atoms. The Morgan fingerprint density at radius 2 is 1.68 bits per heavy atom. The SMILES string of the molecule is N[C@H]1CC[C@H](Nc2nc(NC3CCN(OC(=O)Nc4ccc(Cl)cc4C(F)(F)F)CC3)c3ncn(C4CCCC4)c3n2)CC1. The lowest BCUT2D eigenvalue weighted by Gasteiger charge is -2.31. The van der Waals surface area contributed by atoms with Crippen molar-refractivity contribution in [3.05, 3.63) is 35.1 Å². The Morgan fingerprint density at radius 3 is 2.39 bits per heavy atom. The topological polar surface area (TPSA) is 135 Å². The molecule has 0 bridgehead atoms. The van der Waals surface area contributed by atoms with E-state index in [0.717, 1.165) is 61.8 Å². The van der Waals surface area contributed by atoms with Crippen molar-refractivity contribution in [1.82, 2.24) is 24.6 Å². The summed E-state index contributed by atoms with van der Waals surface area (Å²) in [6, 6.07) is 4.03. The Balaban J connectivity index is 1.11. The Bertz CT molecular complexity index is 1460. The van der Waals surface area contributed by atoms with E-state index in [9.17, 15) is 18.0 Å². The van der Waals surface area contributed by atoms with Crippen LogP contribution in [0.25, 0.3) is 11.2 Å². The second-order valence-corrected chi connectivity index (χ2v) is 12.4. The fourth-order valence-corrected chi connectivity index (χ4v) is 6.54. The monoisotopic (exact) mass is 635 g/mol. The number of halogens is 4. The lowest BCUT2D eigenvalue weighted by Crippen LogP contribution is -2.41. The molecule has 2 aromatic heterocycles. The number of imidazole rings is 1. The number of aromatic nitrogens is 4. The molecule has 0 radical (unpaired) electrons. The molecule has 44 heavy (non-hydrogen) atoms. The van der Waals surface area contributed by atoms with Crippen molar-refractivity contribution in [2.24, 2.45) is 5.73 Å². The number of alkyl halides is 3. The number of piperidine rings is 1. The van der Waals surface area contributed by atoms with Gasteiger partial charge in [0.05, 0.1) is 17.6 Å². The van der Waals surface area contributed by atoms with E-state index >= 15 is 0 Å². The molecule has 3 fully saturated rings. The highest BCUT2D eigenvalue weighted by molar-refractivity contribution is 6.30. The zero-order chi connectivity index (χ0) is 30.8. The van der Waals surface area contributed by atoms with E-state index in [1.54, 1.807) is 0 Å². The number of fused-ring (bicyclic) bond motifs is 1. The van der Waals surface area contributed by atoms with E-state index < -0.39 is 23.5 Å². The third-order valence-electron chi connectivity index (χ3n) is 8.78. The smallest absolute Gasteiger partial charge is 0.365 e. The van der Waals surface area contributed by atoms with E-state index in [0.29, 0.717) is 43.7 Å². The summed E-state index contributed by atoms with van der Waals surface area (Å²) in [6.45, 7) is 0.770. The van der Waals surface area contributed by atoms with Crippen LogP contribution in [0.3, 0.4) is 0 Å². The summed E-state index contributed by atoms with van der Waals surface area (Å²) in [5.74, 6) is 1.22. The summed E-state index contributed by atoms with van der Waals surface area (Å²) in [7, 11) is 0. The summed E-state index contributed by atoms with van der Waals surface area (Å²) in [5.41, 5.74) is 6.16. The predicted octanol–water partition coefficient (Wildman–Crippen LogP) is 6.34. The molecule has 0 unspecified atom stereocenters. The lowest BCUT2D eigenvalue weighted by molar-refractivity contribution is -0.137. The van der Waals surface area contributed by atoms with Crippen molar-refractivity contribution in [3.63, 3.8) is 0 Å². The molecule has 1 aromatic carbocycles. The zero-order valence-corrected chi connectivity index (χ0v) is 25.0. The van der Waals surface area contributed by atoms with E-state index in [4.69, 9.17) is 37.1 Å². The molecule has 3 heterocycles. The number of rotatable bonds is 7. The molecule has 0 atom stereocenters. The number of nitrogens with one attached hydrogen (secondary N) is 3. The Labute approximate surface area is 258 Å². The minimum Gasteiger partial charge on any atom is -0.365 e. The van der Waals surface area contributed by atoms with Gasteiger partial charge in [-0.15, -0.1) is 5.06 Å². The van der Waals surface area contributed by atoms with Crippen LogP contribution in [-0.2, 0) is 11.0 Å². The molecule has 15 heteroatoms. The molecule has 2 aliphatic carbocycles. The average Bonchev–Trinajstić information content (AvgIpc) is 3.66. The number of carbonyl (C=O) groups excluding carboxylic acids is 1. The molecule has 1 aliphatic heterocycles. The molecular weight excluding hydrogens is 599 g/mol. The van der Waals surface area contributed by atoms with Crippen LogP contribution in [0.2, 0.25) is 5.02 Å². The molecular formula is C29H37ClF3N9O2.